The topological polar surface area (TPSA) is 38.8 Å². The lowest BCUT2D eigenvalue weighted by atomic mass is 9.87. The van der Waals surface area contributed by atoms with Crippen LogP contribution in [-0.2, 0) is 4.79 Å². The van der Waals surface area contributed by atoms with Gasteiger partial charge in [-0.05, 0) is 66.8 Å². The summed E-state index contributed by atoms with van der Waals surface area (Å²) in [5, 5.41) is 0. The van der Waals surface area contributed by atoms with Crippen LogP contribution in [0.15, 0.2) is 53.6 Å². The van der Waals surface area contributed by atoms with Crippen molar-refractivity contribution < 1.29 is 14.3 Å². The summed E-state index contributed by atoms with van der Waals surface area (Å²) in [5.41, 5.74) is 4.81. The van der Waals surface area contributed by atoms with E-state index in [9.17, 15) is 4.79 Å². The second-order valence-electron chi connectivity index (χ2n) is 7.15. The summed E-state index contributed by atoms with van der Waals surface area (Å²) >= 11 is 0. The van der Waals surface area contributed by atoms with Gasteiger partial charge in [0.2, 0.25) is 0 Å². The Bertz CT molecular complexity index is 886. The fraction of sp³-hybridized carbons (Fsp3) is 0.292. The van der Waals surface area contributed by atoms with Crippen LogP contribution in [0, 0.1) is 0 Å². The molecule has 0 heterocycles. The predicted molar refractivity (Wildman–Crippen MR) is 115 cm³/mol. The molecule has 0 atom stereocenters. The molecule has 4 heteroatoms. The number of allylic oxidation sites excluding steroid dienone is 2. The number of nitrogens with zero attached hydrogens (tertiary/aromatic N) is 1. The molecule has 2 aromatic carbocycles. The lowest BCUT2D eigenvalue weighted by Gasteiger charge is -2.17. The largest absolute Gasteiger partial charge is 0.497 e. The fourth-order valence-corrected chi connectivity index (χ4v) is 3.36. The van der Waals surface area contributed by atoms with E-state index in [2.05, 4.69) is 29.2 Å². The first-order chi connectivity index (χ1) is 13.5. The van der Waals surface area contributed by atoms with Crippen molar-refractivity contribution in [3.8, 4) is 11.5 Å². The van der Waals surface area contributed by atoms with Gasteiger partial charge in [0.25, 0.3) is 0 Å². The Hall–Kier alpha value is -3.01. The van der Waals surface area contributed by atoms with E-state index >= 15 is 0 Å². The minimum atomic E-state index is 0.129. The molecule has 0 N–H and O–H groups in total. The Balaban J connectivity index is 1.87. The number of Topliss-reactive ketones (excluding diaryl/α,β-unsaturated/α-hetero) is 1. The highest BCUT2D eigenvalue weighted by atomic mass is 16.5. The van der Waals surface area contributed by atoms with E-state index in [1.165, 1.54) is 0 Å². The number of ether oxygens (including phenoxy) is 2. The molecular weight excluding hydrogens is 350 g/mol. The van der Waals surface area contributed by atoms with E-state index < -0.39 is 0 Å². The summed E-state index contributed by atoms with van der Waals surface area (Å²) in [5.74, 6) is 1.56. The first kappa shape index (κ1) is 19.7. The van der Waals surface area contributed by atoms with Crippen molar-refractivity contribution in [2.24, 2.45) is 0 Å². The molecule has 2 aromatic rings. The number of carbonyl (C=O) groups excluding carboxylic acids is 1. The molecule has 1 aliphatic carbocycles. The molecule has 1 fully saturated rings. The van der Waals surface area contributed by atoms with E-state index in [1.807, 2.05) is 44.4 Å². The summed E-state index contributed by atoms with van der Waals surface area (Å²) in [4.78, 5) is 15.1. The molecule has 0 spiro atoms. The monoisotopic (exact) mass is 377 g/mol. The van der Waals surface area contributed by atoms with Gasteiger partial charge in [-0.3, -0.25) is 4.79 Å². The molecule has 3 rings (SSSR count). The van der Waals surface area contributed by atoms with E-state index in [0.717, 1.165) is 47.2 Å². The van der Waals surface area contributed by atoms with Crippen LogP contribution in [0.3, 0.4) is 0 Å². The minimum absolute atomic E-state index is 0.129. The van der Waals surface area contributed by atoms with Crippen LogP contribution in [0.1, 0.15) is 30.4 Å². The molecule has 28 heavy (non-hydrogen) atoms. The molecule has 0 bridgehead atoms. The van der Waals surface area contributed by atoms with Gasteiger partial charge in [-0.25, -0.2) is 0 Å². The molecule has 1 saturated carbocycles. The number of hydrogen-bond donors (Lipinski definition) is 0. The standard InChI is InChI=1S/C24H27NO3/c1-25(2)21-10-8-17(9-11-21)12-19-6-5-7-20(24(19)26)13-18-14-22(27-3)16-23(15-18)28-4/h8-16H,5-7H2,1-4H3. The third-order valence-corrected chi connectivity index (χ3v) is 4.94. The number of hydrogen-bond acceptors (Lipinski definition) is 4. The molecule has 4 nitrogen and oxygen atoms in total. The van der Waals surface area contributed by atoms with Crippen molar-refractivity contribution in [2.45, 2.75) is 19.3 Å². The van der Waals surface area contributed by atoms with Gasteiger partial charge >= 0.3 is 0 Å². The fourth-order valence-electron chi connectivity index (χ4n) is 3.36. The molecule has 0 saturated heterocycles. The second kappa shape index (κ2) is 8.79. The van der Waals surface area contributed by atoms with Crippen molar-refractivity contribution in [2.75, 3.05) is 33.2 Å². The quantitative estimate of drug-likeness (QED) is 0.688. The van der Waals surface area contributed by atoms with Gasteiger partial charge in [0.15, 0.2) is 5.78 Å². The average Bonchev–Trinajstić information content (AvgIpc) is 2.71. The highest BCUT2D eigenvalue weighted by Gasteiger charge is 2.20. The van der Waals surface area contributed by atoms with Crippen LogP contribution < -0.4 is 14.4 Å². The molecule has 0 aliphatic heterocycles. The zero-order valence-corrected chi connectivity index (χ0v) is 17.0. The predicted octanol–water partition coefficient (Wildman–Crippen LogP) is 4.99. The maximum Gasteiger partial charge on any atom is 0.185 e. The first-order valence-corrected chi connectivity index (χ1v) is 9.46. The van der Waals surface area contributed by atoms with E-state index in [-0.39, 0.29) is 5.78 Å². The number of carbonyl (C=O) groups is 1. The van der Waals surface area contributed by atoms with Crippen molar-refractivity contribution in [1.29, 1.82) is 0 Å². The molecule has 0 radical (unpaired) electrons. The molecule has 0 unspecified atom stereocenters. The van der Waals surface area contributed by atoms with Gasteiger partial charge in [0, 0.05) is 37.0 Å². The van der Waals surface area contributed by atoms with Crippen molar-refractivity contribution in [3.05, 3.63) is 64.7 Å². The summed E-state index contributed by atoms with van der Waals surface area (Å²) in [6.45, 7) is 0. The van der Waals surface area contributed by atoms with Gasteiger partial charge in [0.1, 0.15) is 11.5 Å². The summed E-state index contributed by atoms with van der Waals surface area (Å²) in [6.07, 6.45) is 6.54. The van der Waals surface area contributed by atoms with Crippen molar-refractivity contribution in [1.82, 2.24) is 0 Å². The highest BCUT2D eigenvalue weighted by molar-refractivity contribution is 6.14. The molecular formula is C24H27NO3. The van der Waals surface area contributed by atoms with Crippen molar-refractivity contribution in [3.63, 3.8) is 0 Å². The van der Waals surface area contributed by atoms with E-state index in [0.29, 0.717) is 11.5 Å². The lowest BCUT2D eigenvalue weighted by Crippen LogP contribution is -2.12. The lowest BCUT2D eigenvalue weighted by molar-refractivity contribution is -0.112. The van der Waals surface area contributed by atoms with E-state index in [1.54, 1.807) is 14.2 Å². The van der Waals surface area contributed by atoms with Crippen LogP contribution in [0.2, 0.25) is 0 Å². The highest BCUT2D eigenvalue weighted by Crippen LogP contribution is 2.30. The van der Waals surface area contributed by atoms with Crippen LogP contribution in [0.5, 0.6) is 11.5 Å². The molecule has 1 aliphatic rings. The second-order valence-corrected chi connectivity index (χ2v) is 7.15. The van der Waals surface area contributed by atoms with Crippen LogP contribution in [0.4, 0.5) is 5.69 Å². The molecule has 0 aromatic heterocycles. The summed E-state index contributed by atoms with van der Waals surface area (Å²) in [7, 11) is 7.28. The third kappa shape index (κ3) is 4.63. The Morgan fingerprint density at radius 3 is 1.86 bits per heavy atom. The normalized spacial score (nSPS) is 17.1. The number of benzene rings is 2. The van der Waals surface area contributed by atoms with Crippen LogP contribution in [0.25, 0.3) is 12.2 Å². The van der Waals surface area contributed by atoms with Crippen LogP contribution in [-0.4, -0.2) is 34.1 Å². The number of ketones is 1. The number of anilines is 1. The minimum Gasteiger partial charge on any atom is -0.497 e. The molecule has 0 amide bonds. The van der Waals surface area contributed by atoms with E-state index in [4.69, 9.17) is 9.47 Å². The Morgan fingerprint density at radius 2 is 1.36 bits per heavy atom. The Labute approximate surface area is 167 Å². The SMILES string of the molecule is COc1cc(C=C2CCCC(=Cc3ccc(N(C)C)cc3)C2=O)cc(OC)c1. The zero-order chi connectivity index (χ0) is 20.1. The van der Waals surface area contributed by atoms with Gasteiger partial charge < -0.3 is 14.4 Å². The number of methoxy groups -OCH3 is 2. The maximum absolute atomic E-state index is 13.0. The Kier molecular flexibility index (Phi) is 6.19. The average molecular weight is 377 g/mol. The first-order valence-electron chi connectivity index (χ1n) is 9.46. The maximum atomic E-state index is 13.0. The smallest absolute Gasteiger partial charge is 0.185 e. The van der Waals surface area contributed by atoms with Gasteiger partial charge in [0.05, 0.1) is 14.2 Å². The van der Waals surface area contributed by atoms with Gasteiger partial charge in [-0.1, -0.05) is 12.1 Å². The van der Waals surface area contributed by atoms with Crippen molar-refractivity contribution >= 4 is 23.6 Å². The number of rotatable bonds is 5. The Morgan fingerprint density at radius 1 is 0.821 bits per heavy atom. The molecule has 146 valence electrons. The summed E-state index contributed by atoms with van der Waals surface area (Å²) in [6, 6.07) is 13.9. The summed E-state index contributed by atoms with van der Waals surface area (Å²) < 4.78 is 10.7. The van der Waals surface area contributed by atoms with Gasteiger partial charge in [-0.2, -0.15) is 0 Å². The van der Waals surface area contributed by atoms with Crippen LogP contribution >= 0.6 is 0 Å². The van der Waals surface area contributed by atoms with Gasteiger partial charge in [-0.15, -0.1) is 0 Å². The zero-order valence-electron chi connectivity index (χ0n) is 17.0. The third-order valence-electron chi connectivity index (χ3n) is 4.94.